The van der Waals surface area contributed by atoms with Crippen LogP contribution in [0.5, 0.6) is 5.75 Å². The number of nitrogens with zero attached hydrogens (tertiary/aromatic N) is 1. The zero-order valence-corrected chi connectivity index (χ0v) is 21.2. The van der Waals surface area contributed by atoms with Gasteiger partial charge in [0.2, 0.25) is 5.91 Å². The highest BCUT2D eigenvalue weighted by Gasteiger charge is 2.32. The maximum atomic E-state index is 13.6. The van der Waals surface area contributed by atoms with Gasteiger partial charge >= 0.3 is 0 Å². The van der Waals surface area contributed by atoms with Crippen molar-refractivity contribution < 1.29 is 14.3 Å². The maximum Gasteiger partial charge on any atom is 0.254 e. The number of anilines is 1. The Labute approximate surface area is 217 Å². The number of benzene rings is 3. The van der Waals surface area contributed by atoms with Crippen LogP contribution in [-0.2, 0) is 17.8 Å². The van der Waals surface area contributed by atoms with Gasteiger partial charge in [-0.3, -0.25) is 9.59 Å². The van der Waals surface area contributed by atoms with Crippen molar-refractivity contribution in [2.24, 2.45) is 5.73 Å². The van der Waals surface area contributed by atoms with Gasteiger partial charge in [-0.25, -0.2) is 0 Å². The molecule has 2 unspecified atom stereocenters. The van der Waals surface area contributed by atoms with Crippen molar-refractivity contribution in [1.82, 2.24) is 4.90 Å². The van der Waals surface area contributed by atoms with Crippen LogP contribution >= 0.6 is 11.6 Å². The van der Waals surface area contributed by atoms with Gasteiger partial charge in [0.1, 0.15) is 5.75 Å². The lowest BCUT2D eigenvalue weighted by Crippen LogP contribution is -2.51. The first-order chi connectivity index (χ1) is 17.4. The number of methoxy groups -OCH3 is 1. The van der Waals surface area contributed by atoms with Gasteiger partial charge in [0, 0.05) is 34.9 Å². The average molecular weight is 506 g/mol. The minimum Gasteiger partial charge on any atom is -0.497 e. The van der Waals surface area contributed by atoms with Crippen LogP contribution in [0.4, 0.5) is 5.69 Å². The molecule has 3 aromatic rings. The number of rotatable bonds is 8. The zero-order valence-electron chi connectivity index (χ0n) is 20.5. The molecule has 0 heterocycles. The van der Waals surface area contributed by atoms with E-state index in [0.717, 1.165) is 42.6 Å². The van der Waals surface area contributed by atoms with E-state index >= 15 is 0 Å². The van der Waals surface area contributed by atoms with Gasteiger partial charge in [-0.05, 0) is 66.4 Å². The second kappa shape index (κ2) is 12.1. The molecule has 0 spiro atoms. The summed E-state index contributed by atoms with van der Waals surface area (Å²) in [4.78, 5) is 28.1. The van der Waals surface area contributed by atoms with Gasteiger partial charge in [0.15, 0.2) is 0 Å². The Kier molecular flexibility index (Phi) is 8.62. The largest absolute Gasteiger partial charge is 0.497 e. The normalized spacial score (nSPS) is 17.3. The average Bonchev–Trinajstić information content (AvgIpc) is 2.90. The lowest BCUT2D eigenvalue weighted by atomic mass is 9.89. The predicted molar refractivity (Wildman–Crippen MR) is 143 cm³/mol. The quantitative estimate of drug-likeness (QED) is 0.427. The Hall–Kier alpha value is -3.35. The number of halogens is 1. The molecule has 0 aliphatic heterocycles. The topological polar surface area (TPSA) is 84.7 Å². The molecule has 3 N–H and O–H groups in total. The van der Waals surface area contributed by atoms with Gasteiger partial charge in [-0.1, -0.05) is 54.8 Å². The smallest absolute Gasteiger partial charge is 0.254 e. The summed E-state index contributed by atoms with van der Waals surface area (Å²) in [6, 6.07) is 21.9. The van der Waals surface area contributed by atoms with Crippen molar-refractivity contribution in [1.29, 1.82) is 0 Å². The van der Waals surface area contributed by atoms with Crippen molar-refractivity contribution >= 4 is 29.1 Å². The van der Waals surface area contributed by atoms with E-state index in [9.17, 15) is 9.59 Å². The van der Waals surface area contributed by atoms with Crippen molar-refractivity contribution in [3.8, 4) is 5.75 Å². The minimum absolute atomic E-state index is 0.0667. The first kappa shape index (κ1) is 25.7. The number of nitrogens with one attached hydrogen (secondary N) is 1. The zero-order chi connectivity index (χ0) is 25.5. The van der Waals surface area contributed by atoms with Crippen LogP contribution in [0.25, 0.3) is 0 Å². The van der Waals surface area contributed by atoms with Crippen LogP contribution in [0.2, 0.25) is 5.02 Å². The van der Waals surface area contributed by atoms with E-state index in [0.29, 0.717) is 22.8 Å². The number of carbonyl (C=O) groups is 2. The van der Waals surface area contributed by atoms with Gasteiger partial charge < -0.3 is 20.7 Å². The third-order valence-corrected chi connectivity index (χ3v) is 7.03. The lowest BCUT2D eigenvalue weighted by Gasteiger charge is -2.38. The summed E-state index contributed by atoms with van der Waals surface area (Å²) < 4.78 is 5.17. The molecule has 1 aliphatic rings. The summed E-state index contributed by atoms with van der Waals surface area (Å²) in [7, 11) is 1.61. The molecule has 0 radical (unpaired) electrons. The number of amides is 2. The summed E-state index contributed by atoms with van der Waals surface area (Å²) >= 11 is 6.57. The highest BCUT2D eigenvalue weighted by molar-refractivity contribution is 6.31. The third-order valence-electron chi connectivity index (χ3n) is 6.66. The van der Waals surface area contributed by atoms with Crippen LogP contribution in [0.3, 0.4) is 0 Å². The molecule has 3 aromatic carbocycles. The fourth-order valence-corrected chi connectivity index (χ4v) is 4.88. The van der Waals surface area contributed by atoms with Crippen molar-refractivity contribution in [3.05, 3.63) is 94.5 Å². The molecule has 4 rings (SSSR count). The molecule has 1 fully saturated rings. The van der Waals surface area contributed by atoms with Crippen LogP contribution < -0.4 is 15.8 Å². The third kappa shape index (κ3) is 6.45. The summed E-state index contributed by atoms with van der Waals surface area (Å²) in [5.41, 5.74) is 9.38. The summed E-state index contributed by atoms with van der Waals surface area (Å²) in [5.74, 6) is 0.539. The van der Waals surface area contributed by atoms with Gasteiger partial charge in [0.25, 0.3) is 5.91 Å². The van der Waals surface area contributed by atoms with E-state index in [1.54, 1.807) is 19.2 Å². The van der Waals surface area contributed by atoms with Crippen LogP contribution in [0.1, 0.15) is 47.2 Å². The van der Waals surface area contributed by atoms with Gasteiger partial charge in [0.05, 0.1) is 13.5 Å². The van der Waals surface area contributed by atoms with Crippen LogP contribution in [-0.4, -0.2) is 35.9 Å². The lowest BCUT2D eigenvalue weighted by molar-refractivity contribution is -0.115. The number of hydrogen-bond acceptors (Lipinski definition) is 4. The number of ether oxygens (including phenoxy) is 1. The Balaban J connectivity index is 1.52. The van der Waals surface area contributed by atoms with Gasteiger partial charge in [-0.2, -0.15) is 0 Å². The first-order valence-corrected chi connectivity index (χ1v) is 12.6. The van der Waals surface area contributed by atoms with Crippen molar-refractivity contribution in [3.63, 3.8) is 0 Å². The minimum atomic E-state index is -0.139. The van der Waals surface area contributed by atoms with E-state index in [4.69, 9.17) is 22.1 Å². The highest BCUT2D eigenvalue weighted by atomic mass is 35.5. The Bertz CT molecular complexity index is 1180. The SMILES string of the molecule is COc1ccc(CC(=O)Nc2ccc(Cl)c(CN(C(=O)c3ccccc3)C3CCCCC3N)c2)cc1. The molecule has 6 nitrogen and oxygen atoms in total. The monoisotopic (exact) mass is 505 g/mol. The Morgan fingerprint density at radius 3 is 2.44 bits per heavy atom. The Morgan fingerprint density at radius 2 is 1.75 bits per heavy atom. The van der Waals surface area contributed by atoms with E-state index in [1.165, 1.54) is 0 Å². The molecular formula is C29H32ClN3O3. The first-order valence-electron chi connectivity index (χ1n) is 12.3. The second-order valence-corrected chi connectivity index (χ2v) is 9.60. The van der Waals surface area contributed by atoms with E-state index in [2.05, 4.69) is 5.32 Å². The van der Waals surface area contributed by atoms with E-state index in [1.807, 2.05) is 65.6 Å². The van der Waals surface area contributed by atoms with Gasteiger partial charge in [-0.15, -0.1) is 0 Å². The number of hydrogen-bond donors (Lipinski definition) is 2. The number of carbonyl (C=O) groups excluding carboxylic acids is 2. The molecule has 1 saturated carbocycles. The Morgan fingerprint density at radius 1 is 1.03 bits per heavy atom. The summed E-state index contributed by atoms with van der Waals surface area (Å²) in [6.07, 6.45) is 4.08. The fraction of sp³-hybridized carbons (Fsp3) is 0.310. The van der Waals surface area contributed by atoms with Crippen LogP contribution in [0, 0.1) is 0 Å². The molecule has 0 bridgehead atoms. The second-order valence-electron chi connectivity index (χ2n) is 9.19. The molecule has 2 atom stereocenters. The molecule has 1 aliphatic carbocycles. The molecule has 36 heavy (non-hydrogen) atoms. The number of nitrogens with two attached hydrogens (primary N) is 1. The van der Waals surface area contributed by atoms with Crippen molar-refractivity contribution in [2.75, 3.05) is 12.4 Å². The fourth-order valence-electron chi connectivity index (χ4n) is 4.70. The molecule has 188 valence electrons. The molecule has 7 heteroatoms. The predicted octanol–water partition coefficient (Wildman–Crippen LogP) is 5.44. The highest BCUT2D eigenvalue weighted by Crippen LogP contribution is 2.29. The standard InChI is InChI=1S/C29H32ClN3O3/c1-36-24-14-11-20(12-15-24)17-28(34)32-23-13-16-25(30)22(18-23)19-33(27-10-6-5-9-26(27)31)29(35)21-7-3-2-4-8-21/h2-4,7-8,11-16,18,26-27H,5-6,9-10,17,19,31H2,1H3,(H,32,34). The maximum absolute atomic E-state index is 13.6. The van der Waals surface area contributed by atoms with Crippen LogP contribution in [0.15, 0.2) is 72.8 Å². The molecule has 2 amide bonds. The summed E-state index contributed by atoms with van der Waals surface area (Å²) in [6.45, 7) is 0.313. The van der Waals surface area contributed by atoms with Crippen molar-refractivity contribution in [2.45, 2.75) is 50.7 Å². The summed E-state index contributed by atoms with van der Waals surface area (Å²) in [5, 5.41) is 3.49. The molecule has 0 aromatic heterocycles. The molecular weight excluding hydrogens is 474 g/mol. The van der Waals surface area contributed by atoms with E-state index < -0.39 is 0 Å². The molecule has 0 saturated heterocycles. The van der Waals surface area contributed by atoms with E-state index in [-0.39, 0.29) is 30.3 Å².